The third-order valence-electron chi connectivity index (χ3n) is 4.48. The largest absolute Gasteiger partial charge is 0.353 e. The molecule has 2 heterocycles. The lowest BCUT2D eigenvalue weighted by atomic mass is 9.97. The molecule has 2 N–H and O–H groups in total. The molecule has 1 amide bonds. The summed E-state index contributed by atoms with van der Waals surface area (Å²) in [4.78, 5) is 34.1. The van der Waals surface area contributed by atoms with Crippen LogP contribution >= 0.6 is 23.1 Å². The first-order valence-electron chi connectivity index (χ1n) is 8.99. The van der Waals surface area contributed by atoms with Crippen LogP contribution < -0.4 is 10.9 Å². The number of carbonyl (C=O) groups excluding carboxylic acids is 1. The van der Waals surface area contributed by atoms with Crippen molar-refractivity contribution in [2.24, 2.45) is 0 Å². The number of thioether (sulfide) groups is 1. The van der Waals surface area contributed by atoms with Gasteiger partial charge in [-0.05, 0) is 44.6 Å². The van der Waals surface area contributed by atoms with Crippen LogP contribution in [0.15, 0.2) is 4.79 Å². The Bertz CT molecular complexity index is 812. The molecule has 136 valence electrons. The summed E-state index contributed by atoms with van der Waals surface area (Å²) in [5.41, 5.74) is 1.18. The second-order valence-corrected chi connectivity index (χ2v) is 8.72. The predicted molar refractivity (Wildman–Crippen MR) is 106 cm³/mol. The second-order valence-electron chi connectivity index (χ2n) is 6.65. The van der Waals surface area contributed by atoms with Crippen LogP contribution in [0.1, 0.15) is 55.8 Å². The summed E-state index contributed by atoms with van der Waals surface area (Å²) >= 11 is 3.15. The number of H-pyrrole nitrogens is 1. The number of nitrogens with zero attached hydrogens (tertiary/aromatic N) is 1. The van der Waals surface area contributed by atoms with Crippen LogP contribution in [0.5, 0.6) is 0 Å². The minimum Gasteiger partial charge on any atom is -0.353 e. The van der Waals surface area contributed by atoms with Gasteiger partial charge < -0.3 is 10.3 Å². The smallest absolute Gasteiger partial charge is 0.259 e. The monoisotopic (exact) mass is 379 g/mol. The number of amides is 1. The van der Waals surface area contributed by atoms with E-state index >= 15 is 0 Å². The summed E-state index contributed by atoms with van der Waals surface area (Å²) < 4.78 is 0. The van der Waals surface area contributed by atoms with Gasteiger partial charge in [0.1, 0.15) is 10.7 Å². The molecule has 0 bridgehead atoms. The van der Waals surface area contributed by atoms with E-state index in [-0.39, 0.29) is 17.5 Å². The first-order chi connectivity index (χ1) is 12.1. The van der Waals surface area contributed by atoms with E-state index in [2.05, 4.69) is 22.2 Å². The zero-order valence-electron chi connectivity index (χ0n) is 14.8. The first-order valence-corrected chi connectivity index (χ1v) is 11.0. The van der Waals surface area contributed by atoms with E-state index in [1.54, 1.807) is 11.3 Å². The Morgan fingerprint density at radius 1 is 1.40 bits per heavy atom. The Hall–Kier alpha value is -1.34. The molecule has 3 rings (SSSR count). The maximum atomic E-state index is 12.5. The molecule has 0 fully saturated rings. The Morgan fingerprint density at radius 3 is 3.00 bits per heavy atom. The first kappa shape index (κ1) is 18.5. The fourth-order valence-corrected chi connectivity index (χ4v) is 5.32. The number of aromatic amines is 1. The van der Waals surface area contributed by atoms with Crippen molar-refractivity contribution < 1.29 is 4.79 Å². The van der Waals surface area contributed by atoms with E-state index in [9.17, 15) is 9.59 Å². The Kier molecular flexibility index (Phi) is 6.17. The van der Waals surface area contributed by atoms with E-state index < -0.39 is 0 Å². The van der Waals surface area contributed by atoms with Crippen LogP contribution in [-0.4, -0.2) is 27.7 Å². The van der Waals surface area contributed by atoms with Crippen molar-refractivity contribution in [2.45, 2.75) is 64.2 Å². The molecule has 25 heavy (non-hydrogen) atoms. The number of aromatic nitrogens is 2. The van der Waals surface area contributed by atoms with Gasteiger partial charge in [0.25, 0.3) is 5.56 Å². The highest BCUT2D eigenvalue weighted by Crippen LogP contribution is 2.33. The average Bonchev–Trinajstić information content (AvgIpc) is 2.93. The van der Waals surface area contributed by atoms with Gasteiger partial charge in [-0.2, -0.15) is 0 Å². The Morgan fingerprint density at radius 2 is 2.20 bits per heavy atom. The van der Waals surface area contributed by atoms with E-state index in [4.69, 9.17) is 0 Å². The third kappa shape index (κ3) is 4.44. The number of hydrogen-bond acceptors (Lipinski definition) is 5. The van der Waals surface area contributed by atoms with Crippen LogP contribution in [0.4, 0.5) is 0 Å². The summed E-state index contributed by atoms with van der Waals surface area (Å²) in [7, 11) is 0. The van der Waals surface area contributed by atoms with E-state index in [0.29, 0.717) is 17.3 Å². The van der Waals surface area contributed by atoms with Gasteiger partial charge >= 0.3 is 0 Å². The van der Waals surface area contributed by atoms with Crippen LogP contribution in [0.2, 0.25) is 0 Å². The number of fused-ring (bicyclic) bond motifs is 3. The van der Waals surface area contributed by atoms with Gasteiger partial charge in [-0.25, -0.2) is 4.98 Å². The lowest BCUT2D eigenvalue weighted by Gasteiger charge is -2.12. The van der Waals surface area contributed by atoms with Gasteiger partial charge in [0, 0.05) is 10.9 Å². The zero-order valence-corrected chi connectivity index (χ0v) is 16.4. The molecule has 2 aromatic rings. The summed E-state index contributed by atoms with van der Waals surface area (Å²) in [6, 6.07) is 0.213. The van der Waals surface area contributed by atoms with Crippen LogP contribution in [0.3, 0.4) is 0 Å². The topological polar surface area (TPSA) is 74.8 Å². The van der Waals surface area contributed by atoms with Crippen LogP contribution in [0, 0.1) is 0 Å². The fourth-order valence-electron chi connectivity index (χ4n) is 3.34. The van der Waals surface area contributed by atoms with E-state index in [1.807, 2.05) is 6.92 Å². The lowest BCUT2D eigenvalue weighted by Crippen LogP contribution is -2.33. The second kappa shape index (κ2) is 8.36. The van der Waals surface area contributed by atoms with Gasteiger partial charge in [-0.3, -0.25) is 9.59 Å². The fraction of sp³-hybridized carbons (Fsp3) is 0.611. The van der Waals surface area contributed by atoms with Gasteiger partial charge in [-0.1, -0.05) is 13.3 Å². The molecule has 0 aliphatic heterocycles. The van der Waals surface area contributed by atoms with Gasteiger partial charge in [0.2, 0.25) is 5.91 Å². The van der Waals surface area contributed by atoms with E-state index in [0.717, 1.165) is 42.3 Å². The van der Waals surface area contributed by atoms with Crippen molar-refractivity contribution >= 4 is 39.2 Å². The molecule has 2 aromatic heterocycles. The number of thiophene rings is 1. The molecule has 7 heteroatoms. The highest BCUT2D eigenvalue weighted by Gasteiger charge is 2.19. The van der Waals surface area contributed by atoms with Crippen molar-refractivity contribution in [3.63, 3.8) is 0 Å². The molecule has 5 nitrogen and oxygen atoms in total. The molecule has 0 spiro atoms. The van der Waals surface area contributed by atoms with Crippen LogP contribution in [-0.2, 0) is 23.4 Å². The average molecular weight is 380 g/mol. The molecule has 1 aliphatic rings. The van der Waals surface area contributed by atoms with E-state index in [1.165, 1.54) is 28.6 Å². The van der Waals surface area contributed by atoms with Crippen LogP contribution in [0.25, 0.3) is 10.2 Å². The highest BCUT2D eigenvalue weighted by atomic mass is 32.2. The Balaban J connectivity index is 1.63. The number of hydrogen-bond donors (Lipinski definition) is 2. The van der Waals surface area contributed by atoms with Crippen molar-refractivity contribution in [2.75, 3.05) is 5.75 Å². The molecule has 0 saturated heterocycles. The minimum absolute atomic E-state index is 0.0268. The van der Waals surface area contributed by atoms with Gasteiger partial charge in [-0.15, -0.1) is 23.1 Å². The highest BCUT2D eigenvalue weighted by molar-refractivity contribution is 7.99. The lowest BCUT2D eigenvalue weighted by molar-refractivity contribution is -0.119. The summed E-state index contributed by atoms with van der Waals surface area (Å²) in [5.74, 6) is 1.64. The Labute approximate surface area is 156 Å². The molecule has 0 unspecified atom stereocenters. The van der Waals surface area contributed by atoms with Gasteiger partial charge in [0.15, 0.2) is 0 Å². The number of aryl methyl sites for hydroxylation is 2. The molecule has 0 saturated carbocycles. The SMILES string of the molecule is CCC[C@@H](C)NC(=O)CSCc1nc2sc3c(c2c(=O)[nH]1)CCCC3. The van der Waals surface area contributed by atoms with Crippen molar-refractivity contribution in [3.05, 3.63) is 26.6 Å². The van der Waals surface area contributed by atoms with Crippen molar-refractivity contribution in [1.29, 1.82) is 0 Å². The summed E-state index contributed by atoms with van der Waals surface area (Å²) in [6.07, 6.45) is 6.46. The molecular weight excluding hydrogens is 354 g/mol. The number of nitrogens with one attached hydrogen (secondary N) is 2. The normalized spacial score (nSPS) is 15.1. The predicted octanol–water partition coefficient (Wildman–Crippen LogP) is 3.40. The summed E-state index contributed by atoms with van der Waals surface area (Å²) in [5, 5.41) is 3.78. The molecule has 0 radical (unpaired) electrons. The minimum atomic E-state index is -0.0268. The molecule has 0 aromatic carbocycles. The maximum absolute atomic E-state index is 12.5. The number of rotatable bonds is 7. The van der Waals surface area contributed by atoms with Crippen molar-refractivity contribution in [1.82, 2.24) is 15.3 Å². The third-order valence-corrected chi connectivity index (χ3v) is 6.60. The number of carbonyl (C=O) groups is 1. The summed E-state index contributed by atoms with van der Waals surface area (Å²) in [6.45, 7) is 4.13. The van der Waals surface area contributed by atoms with Gasteiger partial charge in [0.05, 0.1) is 16.9 Å². The quantitative estimate of drug-likeness (QED) is 0.773. The standard InChI is InChI=1S/C18H25N3O2S2/c1-3-6-11(2)19-15(22)10-24-9-14-20-17(23)16-12-7-4-5-8-13(12)25-18(16)21-14/h11H,3-10H2,1-2H3,(H,19,22)(H,20,21,23)/t11-/m1/s1. The zero-order chi connectivity index (χ0) is 17.8. The molecule has 1 aliphatic carbocycles. The molecular formula is C18H25N3O2S2. The molecule has 1 atom stereocenters. The maximum Gasteiger partial charge on any atom is 0.259 e. The van der Waals surface area contributed by atoms with Crippen molar-refractivity contribution in [3.8, 4) is 0 Å².